The molecule has 1 aliphatic heterocycles. The van der Waals surface area contributed by atoms with Gasteiger partial charge in [0.05, 0.1) is 30.7 Å². The summed E-state index contributed by atoms with van der Waals surface area (Å²) in [6, 6.07) is 14.9. The van der Waals surface area contributed by atoms with Gasteiger partial charge < -0.3 is 19.4 Å². The number of amides is 1. The van der Waals surface area contributed by atoms with Crippen LogP contribution in [0.4, 0.5) is 5.69 Å². The maximum absolute atomic E-state index is 12.8. The maximum atomic E-state index is 12.8. The van der Waals surface area contributed by atoms with Gasteiger partial charge in [-0.1, -0.05) is 0 Å². The largest absolute Gasteiger partial charge is 0.494 e. The molecule has 6 nitrogen and oxygen atoms in total. The molecule has 1 aliphatic rings. The molecule has 1 atom stereocenters. The van der Waals surface area contributed by atoms with Gasteiger partial charge in [-0.05, 0) is 55.5 Å². The van der Waals surface area contributed by atoms with E-state index in [2.05, 4.69) is 10.3 Å². The Bertz CT molecular complexity index is 891. The van der Waals surface area contributed by atoms with Gasteiger partial charge in [0.2, 0.25) is 0 Å². The van der Waals surface area contributed by atoms with Crippen molar-refractivity contribution in [2.75, 3.05) is 11.9 Å². The average molecular weight is 349 g/mol. The standard InChI is InChI=1S/C20H19N3O3/c1-2-25-15-9-7-14(8-10-15)22-19-18-17(6-3-11-21-18)20(24)23(19)13-16-5-4-12-26-16/h3-12,19,22H,2,13H2,1H3/t19-/m1/s1. The van der Waals surface area contributed by atoms with Crippen LogP contribution in [0.2, 0.25) is 0 Å². The first-order chi connectivity index (χ1) is 12.8. The number of fused-ring (bicyclic) bond motifs is 1. The molecular formula is C20H19N3O3. The van der Waals surface area contributed by atoms with Crippen LogP contribution in [0.1, 0.15) is 34.9 Å². The highest BCUT2D eigenvalue weighted by atomic mass is 16.5. The number of carbonyl (C=O) groups excluding carboxylic acids is 1. The van der Waals surface area contributed by atoms with Gasteiger partial charge in [-0.15, -0.1) is 0 Å². The van der Waals surface area contributed by atoms with Gasteiger partial charge in [0.25, 0.3) is 5.91 Å². The lowest BCUT2D eigenvalue weighted by molar-refractivity contribution is 0.0714. The van der Waals surface area contributed by atoms with Crippen molar-refractivity contribution >= 4 is 11.6 Å². The lowest BCUT2D eigenvalue weighted by Crippen LogP contribution is -2.31. The third kappa shape index (κ3) is 3.01. The quantitative estimate of drug-likeness (QED) is 0.732. The van der Waals surface area contributed by atoms with E-state index in [9.17, 15) is 4.79 Å². The van der Waals surface area contributed by atoms with Crippen LogP contribution in [0.15, 0.2) is 65.4 Å². The highest BCUT2D eigenvalue weighted by Gasteiger charge is 2.38. The fourth-order valence-corrected chi connectivity index (χ4v) is 3.09. The van der Waals surface area contributed by atoms with Crippen molar-refractivity contribution < 1.29 is 13.9 Å². The minimum Gasteiger partial charge on any atom is -0.494 e. The molecule has 0 fully saturated rings. The van der Waals surface area contributed by atoms with E-state index in [1.165, 1.54) is 0 Å². The molecule has 1 N–H and O–H groups in total. The lowest BCUT2D eigenvalue weighted by atomic mass is 10.2. The first-order valence-electron chi connectivity index (χ1n) is 8.54. The van der Waals surface area contributed by atoms with Gasteiger partial charge in [-0.2, -0.15) is 0 Å². The second-order valence-electron chi connectivity index (χ2n) is 5.95. The first-order valence-corrected chi connectivity index (χ1v) is 8.54. The van der Waals surface area contributed by atoms with Crippen molar-refractivity contribution in [3.05, 3.63) is 78.0 Å². The lowest BCUT2D eigenvalue weighted by Gasteiger charge is -2.25. The molecule has 0 bridgehead atoms. The van der Waals surface area contributed by atoms with E-state index >= 15 is 0 Å². The van der Waals surface area contributed by atoms with Crippen LogP contribution in [-0.4, -0.2) is 22.4 Å². The smallest absolute Gasteiger partial charge is 0.258 e. The van der Waals surface area contributed by atoms with Crippen LogP contribution in [0.5, 0.6) is 5.75 Å². The van der Waals surface area contributed by atoms with E-state index in [1.54, 1.807) is 29.5 Å². The number of carbonyl (C=O) groups is 1. The van der Waals surface area contributed by atoms with Crippen LogP contribution in [0, 0.1) is 0 Å². The summed E-state index contributed by atoms with van der Waals surface area (Å²) in [5.41, 5.74) is 2.22. The molecule has 0 saturated carbocycles. The normalized spacial score (nSPS) is 15.8. The molecule has 3 aromatic rings. The van der Waals surface area contributed by atoms with E-state index in [-0.39, 0.29) is 12.1 Å². The van der Waals surface area contributed by atoms with Crippen molar-refractivity contribution in [3.8, 4) is 5.75 Å². The van der Waals surface area contributed by atoms with Crippen LogP contribution in [0.3, 0.4) is 0 Å². The number of pyridine rings is 1. The molecule has 0 spiro atoms. The number of aromatic nitrogens is 1. The molecule has 0 radical (unpaired) electrons. The van der Waals surface area contributed by atoms with Crippen LogP contribution in [0.25, 0.3) is 0 Å². The number of hydrogen-bond donors (Lipinski definition) is 1. The zero-order chi connectivity index (χ0) is 17.9. The molecule has 0 unspecified atom stereocenters. The Hall–Kier alpha value is -3.28. The van der Waals surface area contributed by atoms with Gasteiger partial charge in [-0.3, -0.25) is 9.78 Å². The molecule has 2 aromatic heterocycles. The zero-order valence-electron chi connectivity index (χ0n) is 14.4. The van der Waals surface area contributed by atoms with Crippen molar-refractivity contribution in [2.24, 2.45) is 0 Å². The number of hydrogen-bond acceptors (Lipinski definition) is 5. The average Bonchev–Trinajstić information content (AvgIpc) is 3.27. The summed E-state index contributed by atoms with van der Waals surface area (Å²) in [5, 5.41) is 3.40. The summed E-state index contributed by atoms with van der Waals surface area (Å²) < 4.78 is 10.9. The molecule has 1 amide bonds. The van der Waals surface area contributed by atoms with Gasteiger partial charge >= 0.3 is 0 Å². The summed E-state index contributed by atoms with van der Waals surface area (Å²) >= 11 is 0. The van der Waals surface area contributed by atoms with E-state index in [0.29, 0.717) is 18.7 Å². The zero-order valence-corrected chi connectivity index (χ0v) is 14.4. The molecule has 132 valence electrons. The predicted molar refractivity (Wildman–Crippen MR) is 96.8 cm³/mol. The fraction of sp³-hybridized carbons (Fsp3) is 0.200. The summed E-state index contributed by atoms with van der Waals surface area (Å²) in [6.07, 6.45) is 2.95. The summed E-state index contributed by atoms with van der Waals surface area (Å²) in [4.78, 5) is 19.0. The van der Waals surface area contributed by atoms with Crippen LogP contribution in [-0.2, 0) is 6.54 Å². The number of nitrogens with one attached hydrogen (secondary N) is 1. The highest BCUT2D eigenvalue weighted by molar-refractivity contribution is 5.98. The monoisotopic (exact) mass is 349 g/mol. The summed E-state index contributed by atoms with van der Waals surface area (Å²) in [6.45, 7) is 2.94. The Balaban J connectivity index is 1.62. The Kier molecular flexibility index (Phi) is 4.31. The van der Waals surface area contributed by atoms with Gasteiger partial charge in [0.1, 0.15) is 17.7 Å². The van der Waals surface area contributed by atoms with Crippen molar-refractivity contribution in [2.45, 2.75) is 19.6 Å². The van der Waals surface area contributed by atoms with Crippen LogP contribution >= 0.6 is 0 Å². The Morgan fingerprint density at radius 2 is 2.04 bits per heavy atom. The molecule has 3 heterocycles. The second kappa shape index (κ2) is 6.92. The van der Waals surface area contributed by atoms with Crippen LogP contribution < -0.4 is 10.1 Å². The number of nitrogens with zero attached hydrogens (tertiary/aromatic N) is 2. The molecule has 26 heavy (non-hydrogen) atoms. The van der Waals surface area contributed by atoms with E-state index < -0.39 is 0 Å². The van der Waals surface area contributed by atoms with Crippen molar-refractivity contribution in [1.82, 2.24) is 9.88 Å². The molecular weight excluding hydrogens is 330 g/mol. The number of benzene rings is 1. The summed E-state index contributed by atoms with van der Waals surface area (Å²) in [5.74, 6) is 1.48. The highest BCUT2D eigenvalue weighted by Crippen LogP contribution is 2.34. The number of ether oxygens (including phenoxy) is 1. The fourth-order valence-electron chi connectivity index (χ4n) is 3.09. The molecule has 0 aliphatic carbocycles. The Labute approximate surface area is 151 Å². The predicted octanol–water partition coefficient (Wildman–Crippen LogP) is 3.84. The molecule has 0 saturated heterocycles. The minimum atomic E-state index is -0.359. The minimum absolute atomic E-state index is 0.0621. The Morgan fingerprint density at radius 3 is 2.77 bits per heavy atom. The van der Waals surface area contributed by atoms with E-state index in [0.717, 1.165) is 22.9 Å². The van der Waals surface area contributed by atoms with E-state index in [4.69, 9.17) is 9.15 Å². The van der Waals surface area contributed by atoms with Crippen molar-refractivity contribution in [1.29, 1.82) is 0 Å². The van der Waals surface area contributed by atoms with Gasteiger partial charge in [0, 0.05) is 11.9 Å². The SMILES string of the molecule is CCOc1ccc(N[C@H]2c3ncccc3C(=O)N2Cc2ccco2)cc1. The third-order valence-electron chi connectivity index (χ3n) is 4.28. The maximum Gasteiger partial charge on any atom is 0.258 e. The molecule has 1 aromatic carbocycles. The number of anilines is 1. The molecule has 4 rings (SSSR count). The first kappa shape index (κ1) is 16.2. The van der Waals surface area contributed by atoms with E-state index in [1.807, 2.05) is 43.3 Å². The van der Waals surface area contributed by atoms with Gasteiger partial charge in [0.15, 0.2) is 0 Å². The third-order valence-corrected chi connectivity index (χ3v) is 4.28. The summed E-state index contributed by atoms with van der Waals surface area (Å²) in [7, 11) is 0. The van der Waals surface area contributed by atoms with Gasteiger partial charge in [-0.25, -0.2) is 0 Å². The number of rotatable bonds is 6. The topological polar surface area (TPSA) is 67.6 Å². The second-order valence-corrected chi connectivity index (χ2v) is 5.95. The Morgan fingerprint density at radius 1 is 1.19 bits per heavy atom. The molecule has 6 heteroatoms. The van der Waals surface area contributed by atoms with Crippen molar-refractivity contribution in [3.63, 3.8) is 0 Å². The number of furan rings is 1.